The third-order valence-electron chi connectivity index (χ3n) is 3.97. The Morgan fingerprint density at radius 1 is 1.11 bits per heavy atom. The highest BCUT2D eigenvalue weighted by Gasteiger charge is 2.10. The van der Waals surface area contributed by atoms with Gasteiger partial charge in [0.1, 0.15) is 30.8 Å². The van der Waals surface area contributed by atoms with Crippen molar-refractivity contribution < 1.29 is 19.4 Å². The van der Waals surface area contributed by atoms with Gasteiger partial charge in [-0.15, -0.1) is 0 Å². The molecule has 2 atom stereocenters. The number of nitrogens with two attached hydrogens (primary N) is 1. The van der Waals surface area contributed by atoms with Crippen molar-refractivity contribution >= 4 is 5.91 Å². The molecule has 0 aliphatic carbocycles. The number of amides is 1. The van der Waals surface area contributed by atoms with Crippen LogP contribution in [0.2, 0.25) is 0 Å². The summed E-state index contributed by atoms with van der Waals surface area (Å²) in [5, 5.41) is 13.3. The summed E-state index contributed by atoms with van der Waals surface area (Å²) in [4.78, 5) is 11.4. The maximum atomic E-state index is 11.4. The summed E-state index contributed by atoms with van der Waals surface area (Å²) >= 11 is 0. The van der Waals surface area contributed by atoms with Crippen LogP contribution in [0, 0.1) is 6.92 Å². The highest BCUT2D eigenvalue weighted by molar-refractivity contribution is 5.93. The van der Waals surface area contributed by atoms with Crippen LogP contribution < -0.4 is 26.1 Å². The molecule has 0 bridgehead atoms. The third kappa shape index (κ3) is 6.90. The minimum absolute atomic E-state index is 0.0325. The molecule has 2 rings (SSSR count). The standard InChI is InChI=1S/C20H27N3O4/c1-14-5-3-4-6-19(14)27-13-17(24)11-22-15(2)12-26-18-9-7-16(8-10-18)20(25)23-21/h3-10,15,17,22,24H,11-13,21H2,1-2H3,(H,23,25). The number of hydrogen-bond acceptors (Lipinski definition) is 6. The van der Waals surface area contributed by atoms with E-state index >= 15 is 0 Å². The SMILES string of the molecule is Cc1ccccc1OCC(O)CNC(C)COc1ccc(C(=O)NN)cc1. The second-order valence-electron chi connectivity index (χ2n) is 6.35. The Balaban J connectivity index is 1.67. The van der Waals surface area contributed by atoms with Crippen molar-refractivity contribution in [2.75, 3.05) is 19.8 Å². The Kier molecular flexibility index (Phi) is 8.06. The minimum atomic E-state index is -0.624. The van der Waals surface area contributed by atoms with Crippen molar-refractivity contribution in [1.82, 2.24) is 10.7 Å². The highest BCUT2D eigenvalue weighted by atomic mass is 16.5. The molecule has 0 spiro atoms. The molecule has 146 valence electrons. The van der Waals surface area contributed by atoms with Crippen molar-refractivity contribution in [2.24, 2.45) is 5.84 Å². The molecule has 7 nitrogen and oxygen atoms in total. The van der Waals surface area contributed by atoms with Gasteiger partial charge in [0, 0.05) is 18.2 Å². The van der Waals surface area contributed by atoms with E-state index < -0.39 is 6.10 Å². The molecule has 2 aromatic rings. The molecule has 27 heavy (non-hydrogen) atoms. The zero-order chi connectivity index (χ0) is 19.6. The van der Waals surface area contributed by atoms with E-state index in [-0.39, 0.29) is 18.6 Å². The van der Waals surface area contributed by atoms with E-state index in [1.165, 1.54) is 0 Å². The average molecular weight is 373 g/mol. The van der Waals surface area contributed by atoms with Crippen molar-refractivity contribution in [2.45, 2.75) is 26.0 Å². The van der Waals surface area contributed by atoms with Gasteiger partial charge < -0.3 is 19.9 Å². The molecule has 0 radical (unpaired) electrons. The first kappa shape index (κ1) is 20.7. The van der Waals surface area contributed by atoms with Gasteiger partial charge in [-0.05, 0) is 49.7 Å². The molecule has 0 aliphatic rings. The summed E-state index contributed by atoms with van der Waals surface area (Å²) in [6.07, 6.45) is -0.624. The van der Waals surface area contributed by atoms with Crippen molar-refractivity contribution in [1.29, 1.82) is 0 Å². The number of aryl methyl sites for hydroxylation is 1. The maximum absolute atomic E-state index is 11.4. The monoisotopic (exact) mass is 373 g/mol. The molecule has 0 fully saturated rings. The van der Waals surface area contributed by atoms with E-state index in [4.69, 9.17) is 15.3 Å². The average Bonchev–Trinajstić information content (AvgIpc) is 2.69. The Hall–Kier alpha value is -2.61. The largest absolute Gasteiger partial charge is 0.492 e. The van der Waals surface area contributed by atoms with Gasteiger partial charge in [0.15, 0.2) is 0 Å². The molecule has 2 aromatic carbocycles. The number of nitrogen functional groups attached to an aromatic ring is 1. The Labute approximate surface area is 159 Å². The van der Waals surface area contributed by atoms with Crippen molar-refractivity contribution in [3.63, 3.8) is 0 Å². The van der Waals surface area contributed by atoms with Crippen LogP contribution in [0.15, 0.2) is 48.5 Å². The lowest BCUT2D eigenvalue weighted by Crippen LogP contribution is -2.39. The van der Waals surface area contributed by atoms with Gasteiger partial charge in [0.25, 0.3) is 5.91 Å². The van der Waals surface area contributed by atoms with Gasteiger partial charge in [-0.3, -0.25) is 10.2 Å². The first-order chi connectivity index (χ1) is 13.0. The lowest BCUT2D eigenvalue weighted by molar-refractivity contribution is 0.0953. The fourth-order valence-electron chi connectivity index (χ4n) is 2.37. The topological polar surface area (TPSA) is 106 Å². The lowest BCUT2D eigenvalue weighted by atomic mass is 10.2. The Morgan fingerprint density at radius 3 is 2.48 bits per heavy atom. The molecule has 2 unspecified atom stereocenters. The van der Waals surface area contributed by atoms with E-state index in [2.05, 4.69) is 10.7 Å². The Bertz CT molecular complexity index is 721. The second kappa shape index (κ2) is 10.5. The van der Waals surface area contributed by atoms with E-state index in [0.29, 0.717) is 24.5 Å². The molecule has 7 heteroatoms. The van der Waals surface area contributed by atoms with Gasteiger partial charge >= 0.3 is 0 Å². The summed E-state index contributed by atoms with van der Waals surface area (Å²) in [6.45, 7) is 4.97. The molecular formula is C20H27N3O4. The van der Waals surface area contributed by atoms with Crippen LogP contribution in [0.1, 0.15) is 22.8 Å². The molecule has 0 aliphatic heterocycles. The number of aliphatic hydroxyl groups is 1. The lowest BCUT2D eigenvalue weighted by Gasteiger charge is -2.18. The number of para-hydroxylation sites is 1. The van der Waals surface area contributed by atoms with E-state index in [1.54, 1.807) is 24.3 Å². The zero-order valence-corrected chi connectivity index (χ0v) is 15.6. The molecular weight excluding hydrogens is 346 g/mol. The summed E-state index contributed by atoms with van der Waals surface area (Å²) in [5.41, 5.74) is 3.58. The fourth-order valence-corrected chi connectivity index (χ4v) is 2.37. The van der Waals surface area contributed by atoms with E-state index in [9.17, 15) is 9.90 Å². The number of rotatable bonds is 10. The molecule has 5 N–H and O–H groups in total. The van der Waals surface area contributed by atoms with Crippen LogP contribution in [0.4, 0.5) is 0 Å². The second-order valence-corrected chi connectivity index (χ2v) is 6.35. The van der Waals surface area contributed by atoms with Gasteiger partial charge in [0.05, 0.1) is 0 Å². The molecule has 0 saturated heterocycles. The van der Waals surface area contributed by atoms with Crippen LogP contribution in [-0.2, 0) is 0 Å². The van der Waals surface area contributed by atoms with Crippen molar-refractivity contribution in [3.8, 4) is 11.5 Å². The highest BCUT2D eigenvalue weighted by Crippen LogP contribution is 2.16. The van der Waals surface area contributed by atoms with Crippen LogP contribution in [0.3, 0.4) is 0 Å². The van der Waals surface area contributed by atoms with Crippen LogP contribution >= 0.6 is 0 Å². The van der Waals surface area contributed by atoms with Crippen LogP contribution in [0.25, 0.3) is 0 Å². The summed E-state index contributed by atoms with van der Waals surface area (Å²) < 4.78 is 11.3. The molecule has 0 saturated carbocycles. The summed E-state index contributed by atoms with van der Waals surface area (Å²) in [7, 11) is 0. The van der Waals surface area contributed by atoms with Crippen LogP contribution in [-0.4, -0.2) is 42.9 Å². The van der Waals surface area contributed by atoms with Crippen LogP contribution in [0.5, 0.6) is 11.5 Å². The maximum Gasteiger partial charge on any atom is 0.265 e. The predicted molar refractivity (Wildman–Crippen MR) is 104 cm³/mol. The van der Waals surface area contributed by atoms with Crippen molar-refractivity contribution in [3.05, 3.63) is 59.7 Å². The number of hydrogen-bond donors (Lipinski definition) is 4. The number of hydrazine groups is 1. The predicted octanol–water partition coefficient (Wildman–Crippen LogP) is 1.40. The number of ether oxygens (including phenoxy) is 2. The first-order valence-corrected chi connectivity index (χ1v) is 8.83. The van der Waals surface area contributed by atoms with Gasteiger partial charge in [0.2, 0.25) is 0 Å². The third-order valence-corrected chi connectivity index (χ3v) is 3.97. The zero-order valence-electron chi connectivity index (χ0n) is 15.6. The number of carbonyl (C=O) groups is 1. The molecule has 0 aromatic heterocycles. The van der Waals surface area contributed by atoms with Gasteiger partial charge in [-0.25, -0.2) is 5.84 Å². The first-order valence-electron chi connectivity index (χ1n) is 8.83. The van der Waals surface area contributed by atoms with Gasteiger partial charge in [-0.2, -0.15) is 0 Å². The fraction of sp³-hybridized carbons (Fsp3) is 0.350. The minimum Gasteiger partial charge on any atom is -0.492 e. The summed E-state index contributed by atoms with van der Waals surface area (Å²) in [6, 6.07) is 14.4. The number of aliphatic hydroxyl groups excluding tert-OH is 1. The molecule has 1 amide bonds. The normalized spacial score (nSPS) is 12.9. The Morgan fingerprint density at radius 2 is 1.81 bits per heavy atom. The van der Waals surface area contributed by atoms with Gasteiger partial charge in [-0.1, -0.05) is 18.2 Å². The summed E-state index contributed by atoms with van der Waals surface area (Å²) in [5.74, 6) is 6.17. The quantitative estimate of drug-likeness (QED) is 0.285. The smallest absolute Gasteiger partial charge is 0.265 e. The number of benzene rings is 2. The van der Waals surface area contributed by atoms with E-state index in [0.717, 1.165) is 11.3 Å². The molecule has 0 heterocycles. The van der Waals surface area contributed by atoms with E-state index in [1.807, 2.05) is 38.1 Å². The number of nitrogens with one attached hydrogen (secondary N) is 2. The number of carbonyl (C=O) groups excluding carboxylic acids is 1.